The second kappa shape index (κ2) is 5.52. The van der Waals surface area contributed by atoms with Crippen molar-refractivity contribution in [3.8, 4) is 33.5 Å². The Kier molecular flexibility index (Phi) is 3.17. The van der Waals surface area contributed by atoms with Crippen molar-refractivity contribution in [2.24, 2.45) is 0 Å². The van der Waals surface area contributed by atoms with Gasteiger partial charge in [0.15, 0.2) is 17.3 Å². The lowest BCUT2D eigenvalue weighted by Crippen LogP contribution is -2.15. The molecule has 2 aromatic carbocycles. The Morgan fingerprint density at radius 2 is 1.84 bits per heavy atom. The first-order chi connectivity index (χ1) is 12.3. The topological polar surface area (TPSA) is 61.5 Å². The molecule has 0 N–H and O–H groups in total. The molecule has 8 heteroatoms. The molecule has 4 aromatic rings. The summed E-state index contributed by atoms with van der Waals surface area (Å²) in [6, 6.07) is 11.9. The number of fused-ring (bicyclic) bond motifs is 2. The number of ether oxygens (including phenoxy) is 2. The first kappa shape index (κ1) is 14.4. The van der Waals surface area contributed by atoms with Crippen LogP contribution in [-0.2, 0) is 0 Å². The molecule has 124 valence electrons. The zero-order valence-electron chi connectivity index (χ0n) is 12.8. The highest BCUT2D eigenvalue weighted by atomic mass is 32.1. The third-order valence-electron chi connectivity index (χ3n) is 3.86. The van der Waals surface area contributed by atoms with E-state index in [4.69, 9.17) is 9.47 Å². The van der Waals surface area contributed by atoms with Gasteiger partial charge in [-0.15, -0.1) is 10.2 Å². The average molecular weight is 354 g/mol. The number of rotatable bonds is 2. The van der Waals surface area contributed by atoms with Crippen molar-refractivity contribution < 1.29 is 13.9 Å². The average Bonchev–Trinajstić information content (AvgIpc) is 3.22. The monoisotopic (exact) mass is 354 g/mol. The zero-order valence-corrected chi connectivity index (χ0v) is 13.7. The normalized spacial score (nSPS) is 13.3. The summed E-state index contributed by atoms with van der Waals surface area (Å²) in [6.07, 6.45) is 0. The fourth-order valence-electron chi connectivity index (χ4n) is 2.72. The highest BCUT2D eigenvalue weighted by molar-refractivity contribution is 7.19. The van der Waals surface area contributed by atoms with Crippen molar-refractivity contribution in [2.75, 3.05) is 13.2 Å². The molecule has 0 bridgehead atoms. The Balaban J connectivity index is 1.60. The number of aromatic nitrogens is 4. The van der Waals surface area contributed by atoms with Crippen LogP contribution in [0.15, 0.2) is 42.5 Å². The molecule has 0 atom stereocenters. The van der Waals surface area contributed by atoms with Gasteiger partial charge in [-0.2, -0.15) is 9.61 Å². The Morgan fingerprint density at radius 3 is 2.72 bits per heavy atom. The molecule has 0 saturated carbocycles. The van der Waals surface area contributed by atoms with Gasteiger partial charge in [0.2, 0.25) is 4.96 Å². The second-order valence-electron chi connectivity index (χ2n) is 5.49. The van der Waals surface area contributed by atoms with E-state index in [1.165, 1.54) is 23.5 Å². The van der Waals surface area contributed by atoms with Crippen LogP contribution in [0.3, 0.4) is 0 Å². The lowest BCUT2D eigenvalue weighted by Gasteiger charge is -2.18. The van der Waals surface area contributed by atoms with Crippen molar-refractivity contribution in [1.29, 1.82) is 0 Å². The summed E-state index contributed by atoms with van der Waals surface area (Å²) in [5.74, 6) is 1.63. The summed E-state index contributed by atoms with van der Waals surface area (Å²) in [6.45, 7) is 1.09. The Bertz CT molecular complexity index is 1090. The fraction of sp³-hybridized carbons (Fsp3) is 0.118. The second-order valence-corrected chi connectivity index (χ2v) is 6.45. The van der Waals surface area contributed by atoms with E-state index in [9.17, 15) is 4.39 Å². The lowest BCUT2D eigenvalue weighted by atomic mass is 10.2. The van der Waals surface area contributed by atoms with Gasteiger partial charge in [0.1, 0.15) is 24.0 Å². The molecule has 1 aliphatic heterocycles. The highest BCUT2D eigenvalue weighted by Gasteiger charge is 2.17. The summed E-state index contributed by atoms with van der Waals surface area (Å²) in [4.78, 5) is 0.643. The van der Waals surface area contributed by atoms with Crippen LogP contribution in [0.5, 0.6) is 11.5 Å². The molecule has 1 aliphatic rings. The maximum atomic E-state index is 13.5. The van der Waals surface area contributed by atoms with Crippen molar-refractivity contribution >= 4 is 16.3 Å². The molecule has 5 rings (SSSR count). The van der Waals surface area contributed by atoms with Crippen LogP contribution >= 0.6 is 11.3 Å². The van der Waals surface area contributed by atoms with E-state index in [0.29, 0.717) is 35.3 Å². The van der Waals surface area contributed by atoms with Crippen molar-refractivity contribution in [3.63, 3.8) is 0 Å². The Hall–Kier alpha value is -3.00. The van der Waals surface area contributed by atoms with Crippen LogP contribution in [0, 0.1) is 5.82 Å². The zero-order chi connectivity index (χ0) is 16.8. The third kappa shape index (κ3) is 2.42. The van der Waals surface area contributed by atoms with Gasteiger partial charge in [0.05, 0.1) is 0 Å². The van der Waals surface area contributed by atoms with Crippen molar-refractivity contribution in [3.05, 3.63) is 48.3 Å². The van der Waals surface area contributed by atoms with E-state index >= 15 is 0 Å². The summed E-state index contributed by atoms with van der Waals surface area (Å²) in [5, 5.41) is 13.6. The third-order valence-corrected chi connectivity index (χ3v) is 4.81. The van der Waals surface area contributed by atoms with Crippen molar-refractivity contribution in [1.82, 2.24) is 19.8 Å². The van der Waals surface area contributed by atoms with Gasteiger partial charge in [0.25, 0.3) is 0 Å². The van der Waals surface area contributed by atoms with Crippen LogP contribution in [0.2, 0.25) is 0 Å². The molecule has 6 nitrogen and oxygen atoms in total. The number of benzene rings is 2. The van der Waals surface area contributed by atoms with Crippen LogP contribution in [0.1, 0.15) is 0 Å². The number of hydrogen-bond acceptors (Lipinski definition) is 6. The summed E-state index contributed by atoms with van der Waals surface area (Å²) in [5.41, 5.74) is 1.54. The smallest absolute Gasteiger partial charge is 0.235 e. The largest absolute Gasteiger partial charge is 0.486 e. The molecular formula is C17H11FN4O2S. The van der Waals surface area contributed by atoms with Gasteiger partial charge in [-0.25, -0.2) is 4.39 Å². The van der Waals surface area contributed by atoms with Crippen molar-refractivity contribution in [2.45, 2.75) is 0 Å². The molecule has 25 heavy (non-hydrogen) atoms. The molecule has 0 saturated heterocycles. The molecule has 0 amide bonds. The van der Waals surface area contributed by atoms with E-state index < -0.39 is 0 Å². The molecule has 0 radical (unpaired) electrons. The molecule has 0 fully saturated rings. The predicted octanol–water partition coefficient (Wildman–Crippen LogP) is 3.43. The Morgan fingerprint density at radius 1 is 0.960 bits per heavy atom. The minimum Gasteiger partial charge on any atom is -0.486 e. The first-order valence-corrected chi connectivity index (χ1v) is 8.48. The van der Waals surface area contributed by atoms with Gasteiger partial charge in [-0.1, -0.05) is 23.5 Å². The minimum atomic E-state index is -0.323. The number of halogens is 1. The van der Waals surface area contributed by atoms with Gasteiger partial charge in [0, 0.05) is 11.1 Å². The minimum absolute atomic E-state index is 0.323. The van der Waals surface area contributed by atoms with E-state index in [1.54, 1.807) is 16.6 Å². The van der Waals surface area contributed by atoms with Crippen LogP contribution in [-0.4, -0.2) is 33.0 Å². The molecular weight excluding hydrogens is 343 g/mol. The summed E-state index contributed by atoms with van der Waals surface area (Å²) in [7, 11) is 0. The SMILES string of the molecule is Fc1cccc(-c2nnc3sc(-c4ccc5c(c4)OCCO5)nn23)c1. The van der Waals surface area contributed by atoms with Gasteiger partial charge in [-0.05, 0) is 30.3 Å². The van der Waals surface area contributed by atoms with E-state index in [0.717, 1.165) is 16.3 Å². The van der Waals surface area contributed by atoms with Crippen LogP contribution in [0.4, 0.5) is 4.39 Å². The van der Waals surface area contributed by atoms with Crippen LogP contribution < -0.4 is 9.47 Å². The van der Waals surface area contributed by atoms with Gasteiger partial charge < -0.3 is 9.47 Å². The number of nitrogens with zero attached hydrogens (tertiary/aromatic N) is 4. The van der Waals surface area contributed by atoms with Gasteiger partial charge >= 0.3 is 0 Å². The molecule has 0 spiro atoms. The Labute approximate surface area is 145 Å². The predicted molar refractivity (Wildman–Crippen MR) is 90.5 cm³/mol. The highest BCUT2D eigenvalue weighted by Crippen LogP contribution is 2.36. The van der Waals surface area contributed by atoms with E-state index in [1.807, 2.05) is 18.2 Å². The standard InChI is InChI=1S/C17H11FN4O2S/c18-12-3-1-2-10(8-12)15-19-20-17-22(15)21-16(25-17)11-4-5-13-14(9-11)24-7-6-23-13/h1-5,8-9H,6-7H2. The number of hydrogen-bond donors (Lipinski definition) is 0. The quantitative estimate of drug-likeness (QED) is 0.552. The lowest BCUT2D eigenvalue weighted by molar-refractivity contribution is 0.171. The molecule has 3 heterocycles. The maximum Gasteiger partial charge on any atom is 0.235 e. The van der Waals surface area contributed by atoms with E-state index in [2.05, 4.69) is 15.3 Å². The summed E-state index contributed by atoms with van der Waals surface area (Å²) < 4.78 is 26.3. The maximum absolute atomic E-state index is 13.5. The first-order valence-electron chi connectivity index (χ1n) is 7.66. The molecule has 2 aromatic heterocycles. The summed E-state index contributed by atoms with van der Waals surface area (Å²) >= 11 is 1.41. The van der Waals surface area contributed by atoms with E-state index in [-0.39, 0.29) is 5.82 Å². The molecule has 0 unspecified atom stereocenters. The van der Waals surface area contributed by atoms with Gasteiger partial charge in [-0.3, -0.25) is 0 Å². The molecule has 0 aliphatic carbocycles. The fourth-order valence-corrected chi connectivity index (χ4v) is 3.55. The van der Waals surface area contributed by atoms with Crippen LogP contribution in [0.25, 0.3) is 26.9 Å².